The highest BCUT2D eigenvalue weighted by molar-refractivity contribution is 6.30. The molecule has 3 N–H and O–H groups in total. The zero-order chi connectivity index (χ0) is 12.8. The van der Waals surface area contributed by atoms with Gasteiger partial charge in [-0.1, -0.05) is 23.7 Å². The smallest absolute Gasteiger partial charge is 0.219 e. The van der Waals surface area contributed by atoms with E-state index in [4.69, 9.17) is 17.3 Å². The van der Waals surface area contributed by atoms with Crippen molar-refractivity contribution in [3.8, 4) is 0 Å². The summed E-state index contributed by atoms with van der Waals surface area (Å²) in [6.07, 6.45) is 4.43. The number of halogens is 1. The Morgan fingerprint density at radius 1 is 1.06 bits per heavy atom. The van der Waals surface area contributed by atoms with Gasteiger partial charge in [0, 0.05) is 29.5 Å². The fourth-order valence-electron chi connectivity index (χ4n) is 1.57. The molecule has 0 amide bonds. The summed E-state index contributed by atoms with van der Waals surface area (Å²) in [4.78, 5) is 7.88. The summed E-state index contributed by atoms with van der Waals surface area (Å²) in [5.41, 5.74) is 7.71. The van der Waals surface area contributed by atoms with Gasteiger partial charge >= 0.3 is 0 Å². The fraction of sp³-hybridized carbons (Fsp3) is 0.231. The highest BCUT2D eigenvalue weighted by Gasteiger charge is 1.96. The van der Waals surface area contributed by atoms with Gasteiger partial charge in [-0.3, -0.25) is 0 Å². The normalized spacial score (nSPS) is 10.5. The lowest BCUT2D eigenvalue weighted by Gasteiger charge is -2.05. The number of rotatable bonds is 5. The summed E-state index contributed by atoms with van der Waals surface area (Å²) in [6.45, 7) is 1.64. The predicted octanol–water partition coefficient (Wildman–Crippen LogP) is 2.04. The molecule has 2 aromatic rings. The van der Waals surface area contributed by atoms with E-state index in [0.29, 0.717) is 5.95 Å². The van der Waals surface area contributed by atoms with Crippen molar-refractivity contribution in [2.45, 2.75) is 13.0 Å². The summed E-state index contributed by atoms with van der Waals surface area (Å²) in [6, 6.07) is 7.89. The number of nitrogen functional groups attached to an aromatic ring is 1. The Morgan fingerprint density at radius 2 is 1.72 bits per heavy atom. The molecule has 0 saturated heterocycles. The topological polar surface area (TPSA) is 63.8 Å². The molecule has 0 radical (unpaired) electrons. The standard InChI is InChI=1S/C13H15ClN4/c14-12-3-1-10(2-4-12)5-6-16-7-11-8-17-13(15)18-9-11/h1-4,8-9,16H,5-7H2,(H2,15,17,18). The Balaban J connectivity index is 1.73. The van der Waals surface area contributed by atoms with Gasteiger partial charge in [-0.15, -0.1) is 0 Å². The van der Waals surface area contributed by atoms with Crippen LogP contribution in [0.1, 0.15) is 11.1 Å². The van der Waals surface area contributed by atoms with Crippen molar-refractivity contribution < 1.29 is 0 Å². The van der Waals surface area contributed by atoms with Crippen LogP contribution in [0.25, 0.3) is 0 Å². The Hall–Kier alpha value is -1.65. The summed E-state index contributed by atoms with van der Waals surface area (Å²) >= 11 is 5.83. The maximum absolute atomic E-state index is 5.83. The highest BCUT2D eigenvalue weighted by atomic mass is 35.5. The Bertz CT molecular complexity index is 434. The van der Waals surface area contributed by atoms with Crippen LogP contribution in [-0.2, 0) is 13.0 Å². The second-order valence-corrected chi connectivity index (χ2v) is 4.44. The number of hydrogen-bond donors (Lipinski definition) is 2. The lowest BCUT2D eigenvalue weighted by molar-refractivity contribution is 0.683. The summed E-state index contributed by atoms with van der Waals surface area (Å²) in [7, 11) is 0. The minimum absolute atomic E-state index is 0.305. The van der Waals surface area contributed by atoms with E-state index in [0.717, 1.165) is 30.1 Å². The van der Waals surface area contributed by atoms with Gasteiger partial charge in [-0.2, -0.15) is 0 Å². The average Bonchev–Trinajstić information content (AvgIpc) is 2.39. The van der Waals surface area contributed by atoms with Crippen LogP contribution in [0.3, 0.4) is 0 Å². The highest BCUT2D eigenvalue weighted by Crippen LogP contribution is 2.09. The van der Waals surface area contributed by atoms with Gasteiger partial charge in [0.1, 0.15) is 0 Å². The number of aromatic nitrogens is 2. The molecule has 1 aromatic carbocycles. The zero-order valence-electron chi connectivity index (χ0n) is 9.94. The summed E-state index contributed by atoms with van der Waals surface area (Å²) in [5, 5.41) is 4.10. The molecule has 5 heteroatoms. The molecule has 4 nitrogen and oxygen atoms in total. The largest absolute Gasteiger partial charge is 0.368 e. The van der Waals surface area contributed by atoms with E-state index in [9.17, 15) is 0 Å². The average molecular weight is 263 g/mol. The Morgan fingerprint density at radius 3 is 2.39 bits per heavy atom. The van der Waals surface area contributed by atoms with Crippen molar-refractivity contribution in [2.75, 3.05) is 12.3 Å². The third-order valence-corrected chi connectivity index (χ3v) is 2.81. The molecule has 0 spiro atoms. The summed E-state index contributed by atoms with van der Waals surface area (Å²) < 4.78 is 0. The minimum Gasteiger partial charge on any atom is -0.368 e. The molecule has 1 heterocycles. The van der Waals surface area contributed by atoms with Crippen LogP contribution < -0.4 is 11.1 Å². The number of nitrogens with one attached hydrogen (secondary N) is 1. The van der Waals surface area contributed by atoms with Crippen LogP contribution in [0.4, 0.5) is 5.95 Å². The van der Waals surface area contributed by atoms with Gasteiger partial charge in [0.05, 0.1) is 0 Å². The second kappa shape index (κ2) is 6.33. The first-order valence-corrected chi connectivity index (χ1v) is 6.13. The van der Waals surface area contributed by atoms with Crippen molar-refractivity contribution in [1.82, 2.24) is 15.3 Å². The molecule has 0 bridgehead atoms. The van der Waals surface area contributed by atoms with Crippen molar-refractivity contribution in [3.63, 3.8) is 0 Å². The molecule has 0 aliphatic rings. The van der Waals surface area contributed by atoms with Gasteiger partial charge in [0.2, 0.25) is 5.95 Å². The van der Waals surface area contributed by atoms with E-state index in [1.165, 1.54) is 5.56 Å². The van der Waals surface area contributed by atoms with Gasteiger partial charge in [-0.25, -0.2) is 9.97 Å². The zero-order valence-corrected chi connectivity index (χ0v) is 10.7. The monoisotopic (exact) mass is 262 g/mol. The number of hydrogen-bond acceptors (Lipinski definition) is 4. The molecule has 0 aliphatic heterocycles. The quantitative estimate of drug-likeness (QED) is 0.810. The maximum Gasteiger partial charge on any atom is 0.219 e. The molecule has 0 saturated carbocycles. The first kappa shape index (κ1) is 12.8. The van der Waals surface area contributed by atoms with Crippen molar-refractivity contribution in [1.29, 1.82) is 0 Å². The summed E-state index contributed by atoms with van der Waals surface area (Å²) in [5.74, 6) is 0.305. The van der Waals surface area contributed by atoms with Gasteiger partial charge in [0.15, 0.2) is 0 Å². The first-order valence-electron chi connectivity index (χ1n) is 5.75. The van der Waals surface area contributed by atoms with E-state index in [-0.39, 0.29) is 0 Å². The Kier molecular flexibility index (Phi) is 4.50. The Labute approximate surface area is 111 Å². The van der Waals surface area contributed by atoms with Crippen molar-refractivity contribution in [2.24, 2.45) is 0 Å². The van der Waals surface area contributed by atoms with Crippen LogP contribution in [0.5, 0.6) is 0 Å². The molecule has 1 aromatic heterocycles. The number of nitrogens with zero attached hydrogens (tertiary/aromatic N) is 2. The van der Waals surface area contributed by atoms with Crippen LogP contribution in [-0.4, -0.2) is 16.5 Å². The number of benzene rings is 1. The van der Waals surface area contributed by atoms with Crippen LogP contribution >= 0.6 is 11.6 Å². The molecule has 0 aliphatic carbocycles. The van der Waals surface area contributed by atoms with E-state index in [1.54, 1.807) is 12.4 Å². The molecule has 0 atom stereocenters. The first-order chi connectivity index (χ1) is 8.74. The number of nitrogens with two attached hydrogens (primary N) is 1. The third kappa shape index (κ3) is 3.98. The molecule has 18 heavy (non-hydrogen) atoms. The van der Waals surface area contributed by atoms with Crippen LogP contribution in [0.2, 0.25) is 5.02 Å². The fourth-order valence-corrected chi connectivity index (χ4v) is 1.70. The lowest BCUT2D eigenvalue weighted by Crippen LogP contribution is -2.17. The van der Waals surface area contributed by atoms with Gasteiger partial charge in [-0.05, 0) is 30.7 Å². The van der Waals surface area contributed by atoms with Gasteiger partial charge in [0.25, 0.3) is 0 Å². The SMILES string of the molecule is Nc1ncc(CNCCc2ccc(Cl)cc2)cn1. The predicted molar refractivity (Wildman–Crippen MR) is 73.3 cm³/mol. The molecule has 0 unspecified atom stereocenters. The molecular formula is C13H15ClN4. The van der Waals surface area contributed by atoms with Crippen LogP contribution in [0, 0.1) is 0 Å². The number of anilines is 1. The lowest BCUT2D eigenvalue weighted by atomic mass is 10.1. The van der Waals surface area contributed by atoms with E-state index in [1.807, 2.05) is 24.3 Å². The molecule has 94 valence electrons. The van der Waals surface area contributed by atoms with E-state index < -0.39 is 0 Å². The molecule has 0 fully saturated rings. The van der Waals surface area contributed by atoms with Crippen molar-refractivity contribution >= 4 is 17.5 Å². The van der Waals surface area contributed by atoms with Crippen molar-refractivity contribution in [3.05, 3.63) is 52.8 Å². The third-order valence-electron chi connectivity index (χ3n) is 2.56. The van der Waals surface area contributed by atoms with Crippen LogP contribution in [0.15, 0.2) is 36.7 Å². The molecular weight excluding hydrogens is 248 g/mol. The molecule has 2 rings (SSSR count). The van der Waals surface area contributed by atoms with E-state index >= 15 is 0 Å². The maximum atomic E-state index is 5.83. The van der Waals surface area contributed by atoms with E-state index in [2.05, 4.69) is 15.3 Å². The second-order valence-electron chi connectivity index (χ2n) is 4.00. The van der Waals surface area contributed by atoms with Gasteiger partial charge < -0.3 is 11.1 Å². The minimum atomic E-state index is 0.305.